The van der Waals surface area contributed by atoms with Gasteiger partial charge < -0.3 is 10.6 Å². The van der Waals surface area contributed by atoms with Crippen molar-refractivity contribution in [1.29, 1.82) is 0 Å². The summed E-state index contributed by atoms with van der Waals surface area (Å²) in [5.74, 6) is 0.0335. The number of carbonyl (C=O) groups is 2. The van der Waals surface area contributed by atoms with Crippen LogP contribution in [0.3, 0.4) is 0 Å². The molecule has 0 spiro atoms. The fourth-order valence-corrected chi connectivity index (χ4v) is 3.21. The molecule has 0 bridgehead atoms. The molecular formula is C16H23N3O2S. The van der Waals surface area contributed by atoms with Crippen LogP contribution in [-0.4, -0.2) is 48.4 Å². The molecule has 1 aromatic heterocycles. The molecule has 2 rings (SSSR count). The first-order valence-corrected chi connectivity index (χ1v) is 8.46. The molecule has 0 aromatic carbocycles. The Balaban J connectivity index is 1.76. The molecule has 2 N–H and O–H groups in total. The van der Waals surface area contributed by atoms with E-state index in [0.717, 1.165) is 30.8 Å². The number of piperidine rings is 1. The number of nitrogens with zero attached hydrogens (tertiary/aromatic N) is 1. The number of carbonyl (C=O) groups excluding carboxylic acids is 2. The highest BCUT2D eigenvalue weighted by Gasteiger charge is 2.27. The van der Waals surface area contributed by atoms with Gasteiger partial charge in [-0.2, -0.15) is 0 Å². The van der Waals surface area contributed by atoms with Gasteiger partial charge in [-0.05, 0) is 31.2 Å². The van der Waals surface area contributed by atoms with E-state index in [-0.39, 0.29) is 23.9 Å². The van der Waals surface area contributed by atoms with Gasteiger partial charge in [-0.15, -0.1) is 17.9 Å². The zero-order chi connectivity index (χ0) is 15.9. The summed E-state index contributed by atoms with van der Waals surface area (Å²) >= 11 is 1.45. The molecule has 22 heavy (non-hydrogen) atoms. The molecule has 2 amide bonds. The predicted octanol–water partition coefficient (Wildman–Crippen LogP) is 1.63. The van der Waals surface area contributed by atoms with Crippen molar-refractivity contribution in [1.82, 2.24) is 15.5 Å². The van der Waals surface area contributed by atoms with Crippen molar-refractivity contribution >= 4 is 23.2 Å². The summed E-state index contributed by atoms with van der Waals surface area (Å²) in [6, 6.07) is 3.76. The molecule has 2 heterocycles. The van der Waals surface area contributed by atoms with Gasteiger partial charge in [-0.25, -0.2) is 0 Å². The first-order valence-electron chi connectivity index (χ1n) is 7.59. The van der Waals surface area contributed by atoms with E-state index in [1.165, 1.54) is 11.3 Å². The Kier molecular flexibility index (Phi) is 6.15. The van der Waals surface area contributed by atoms with Crippen LogP contribution in [0, 0.1) is 0 Å². The van der Waals surface area contributed by atoms with Crippen LogP contribution in [0.25, 0.3) is 0 Å². The highest BCUT2D eigenvalue weighted by atomic mass is 32.1. The first-order chi connectivity index (χ1) is 10.6. The minimum absolute atomic E-state index is 0.00484. The van der Waals surface area contributed by atoms with Gasteiger partial charge in [0.05, 0.1) is 10.9 Å². The maximum atomic E-state index is 12.0. The Morgan fingerprint density at radius 3 is 2.82 bits per heavy atom. The number of likely N-dealkylation sites (tertiary alicyclic amines) is 1. The summed E-state index contributed by atoms with van der Waals surface area (Å²) in [7, 11) is 0. The average Bonchev–Trinajstić information content (AvgIpc) is 3.07. The maximum absolute atomic E-state index is 12.0. The monoisotopic (exact) mass is 321 g/mol. The molecule has 1 fully saturated rings. The molecular weight excluding hydrogens is 298 g/mol. The molecule has 120 valence electrons. The van der Waals surface area contributed by atoms with Gasteiger partial charge in [0.25, 0.3) is 5.91 Å². The molecule has 5 nitrogen and oxygen atoms in total. The van der Waals surface area contributed by atoms with Crippen molar-refractivity contribution in [2.24, 2.45) is 0 Å². The lowest BCUT2D eigenvalue weighted by Crippen LogP contribution is -2.51. The van der Waals surface area contributed by atoms with Crippen LogP contribution in [0.2, 0.25) is 0 Å². The second kappa shape index (κ2) is 8.10. The lowest BCUT2D eigenvalue weighted by Gasteiger charge is -2.35. The van der Waals surface area contributed by atoms with E-state index in [4.69, 9.17) is 0 Å². The third kappa shape index (κ3) is 4.42. The number of thiophene rings is 1. The minimum atomic E-state index is -0.145. The molecule has 0 radical (unpaired) electrons. The van der Waals surface area contributed by atoms with Crippen molar-refractivity contribution in [3.8, 4) is 0 Å². The SMILES string of the molecule is C=CCNC(=O)[C@@H](C)N1CCC(NC(=O)c2cccs2)CC1. The highest BCUT2D eigenvalue weighted by Crippen LogP contribution is 2.15. The van der Waals surface area contributed by atoms with Gasteiger partial charge in [-0.3, -0.25) is 14.5 Å². The molecule has 1 atom stereocenters. The van der Waals surface area contributed by atoms with Crippen LogP contribution >= 0.6 is 11.3 Å². The Hall–Kier alpha value is -1.66. The van der Waals surface area contributed by atoms with Crippen molar-refractivity contribution < 1.29 is 9.59 Å². The quantitative estimate of drug-likeness (QED) is 0.783. The van der Waals surface area contributed by atoms with E-state index in [1.54, 1.807) is 6.08 Å². The second-order valence-corrected chi connectivity index (χ2v) is 6.42. The van der Waals surface area contributed by atoms with Gasteiger partial charge in [-0.1, -0.05) is 12.1 Å². The lowest BCUT2D eigenvalue weighted by molar-refractivity contribution is -0.126. The average molecular weight is 321 g/mol. The summed E-state index contributed by atoms with van der Waals surface area (Å²) in [4.78, 5) is 26.9. The van der Waals surface area contributed by atoms with Crippen LogP contribution < -0.4 is 10.6 Å². The Morgan fingerprint density at radius 2 is 2.23 bits per heavy atom. The smallest absolute Gasteiger partial charge is 0.261 e. The van der Waals surface area contributed by atoms with Gasteiger partial charge in [0, 0.05) is 25.7 Å². The Morgan fingerprint density at radius 1 is 1.50 bits per heavy atom. The fraction of sp³-hybridized carbons (Fsp3) is 0.500. The van der Waals surface area contributed by atoms with Crippen LogP contribution in [0.15, 0.2) is 30.2 Å². The van der Waals surface area contributed by atoms with Gasteiger partial charge in [0.15, 0.2) is 0 Å². The summed E-state index contributed by atoms with van der Waals surface area (Å²) in [6.45, 7) is 7.65. The van der Waals surface area contributed by atoms with Crippen molar-refractivity contribution in [2.45, 2.75) is 31.8 Å². The van der Waals surface area contributed by atoms with Crippen molar-refractivity contribution in [3.05, 3.63) is 35.0 Å². The molecule has 0 unspecified atom stereocenters. The molecule has 1 aliphatic heterocycles. The van der Waals surface area contributed by atoms with Crippen molar-refractivity contribution in [2.75, 3.05) is 19.6 Å². The predicted molar refractivity (Wildman–Crippen MR) is 89.0 cm³/mol. The Labute approximate surface area is 135 Å². The van der Waals surface area contributed by atoms with E-state index < -0.39 is 0 Å². The first kappa shape index (κ1) is 16.7. The normalized spacial score (nSPS) is 17.7. The minimum Gasteiger partial charge on any atom is -0.351 e. The number of rotatable bonds is 6. The van der Waals surface area contributed by atoms with E-state index in [2.05, 4.69) is 22.1 Å². The third-order valence-electron chi connectivity index (χ3n) is 3.96. The number of hydrogen-bond acceptors (Lipinski definition) is 4. The molecule has 1 aromatic rings. The maximum Gasteiger partial charge on any atom is 0.261 e. The summed E-state index contributed by atoms with van der Waals surface area (Å²) in [5.41, 5.74) is 0. The van der Waals surface area contributed by atoms with Gasteiger partial charge in [0.2, 0.25) is 5.91 Å². The zero-order valence-corrected chi connectivity index (χ0v) is 13.7. The summed E-state index contributed by atoms with van der Waals surface area (Å²) < 4.78 is 0. The van der Waals surface area contributed by atoms with Crippen LogP contribution in [0.4, 0.5) is 0 Å². The molecule has 1 aliphatic rings. The van der Waals surface area contributed by atoms with E-state index in [0.29, 0.717) is 6.54 Å². The van der Waals surface area contributed by atoms with Crippen LogP contribution in [-0.2, 0) is 4.79 Å². The van der Waals surface area contributed by atoms with E-state index in [9.17, 15) is 9.59 Å². The summed E-state index contributed by atoms with van der Waals surface area (Å²) in [5, 5.41) is 7.80. The highest BCUT2D eigenvalue weighted by molar-refractivity contribution is 7.12. The van der Waals surface area contributed by atoms with E-state index >= 15 is 0 Å². The third-order valence-corrected chi connectivity index (χ3v) is 4.83. The largest absolute Gasteiger partial charge is 0.351 e. The van der Waals surface area contributed by atoms with Gasteiger partial charge >= 0.3 is 0 Å². The van der Waals surface area contributed by atoms with Crippen LogP contribution in [0.5, 0.6) is 0 Å². The number of hydrogen-bond donors (Lipinski definition) is 2. The molecule has 0 saturated carbocycles. The van der Waals surface area contributed by atoms with Crippen molar-refractivity contribution in [3.63, 3.8) is 0 Å². The Bertz CT molecular complexity index is 507. The number of amides is 2. The standard InChI is InChI=1S/C16H23N3O2S/c1-3-8-17-15(20)12(2)19-9-6-13(7-10-19)18-16(21)14-5-4-11-22-14/h3-5,11-13H,1,6-10H2,2H3,(H,17,20)(H,18,21)/t12-/m1/s1. The number of nitrogens with one attached hydrogen (secondary N) is 2. The summed E-state index contributed by atoms with van der Waals surface area (Å²) in [6.07, 6.45) is 3.42. The molecule has 6 heteroatoms. The van der Waals surface area contributed by atoms with Gasteiger partial charge in [0.1, 0.15) is 0 Å². The fourth-order valence-electron chi connectivity index (χ4n) is 2.58. The zero-order valence-electron chi connectivity index (χ0n) is 12.9. The second-order valence-electron chi connectivity index (χ2n) is 5.47. The lowest BCUT2D eigenvalue weighted by atomic mass is 10.0. The topological polar surface area (TPSA) is 61.4 Å². The van der Waals surface area contributed by atoms with Crippen LogP contribution in [0.1, 0.15) is 29.4 Å². The molecule has 0 aliphatic carbocycles. The molecule has 1 saturated heterocycles. The van der Waals surface area contributed by atoms with E-state index in [1.807, 2.05) is 24.4 Å².